The Morgan fingerprint density at radius 1 is 1.38 bits per heavy atom. The van der Waals surface area contributed by atoms with Gasteiger partial charge in [-0.1, -0.05) is 17.8 Å². The average molecular weight is 382 g/mol. The molecule has 3 aromatic rings. The van der Waals surface area contributed by atoms with E-state index in [1.165, 1.54) is 4.88 Å². The molecule has 0 aliphatic carbocycles. The minimum absolute atomic E-state index is 0.100. The first kappa shape index (κ1) is 14.7. The van der Waals surface area contributed by atoms with Crippen molar-refractivity contribution in [1.82, 2.24) is 25.1 Å². The van der Waals surface area contributed by atoms with Crippen molar-refractivity contribution < 1.29 is 0 Å². The van der Waals surface area contributed by atoms with Crippen molar-refractivity contribution in [2.45, 2.75) is 23.8 Å². The maximum absolute atomic E-state index is 4.51. The molecule has 0 spiro atoms. The molecule has 0 aliphatic heterocycles. The molecule has 0 aromatic carbocycles. The maximum atomic E-state index is 4.51. The highest BCUT2D eigenvalue weighted by molar-refractivity contribution is 9.10. The molecule has 3 heterocycles. The molecule has 108 valence electrons. The van der Waals surface area contributed by atoms with Crippen LogP contribution in [0.4, 0.5) is 0 Å². The molecule has 0 aliphatic rings. The maximum Gasteiger partial charge on any atom is 0.209 e. The second kappa shape index (κ2) is 6.67. The summed E-state index contributed by atoms with van der Waals surface area (Å²) in [5, 5.41) is 10.1. The predicted molar refractivity (Wildman–Crippen MR) is 87.5 cm³/mol. The number of thioether (sulfide) groups is 1. The van der Waals surface area contributed by atoms with E-state index < -0.39 is 0 Å². The summed E-state index contributed by atoms with van der Waals surface area (Å²) in [6.45, 7) is 2.04. The summed E-state index contributed by atoms with van der Waals surface area (Å²) in [5.74, 6) is 1.65. The molecule has 21 heavy (non-hydrogen) atoms. The van der Waals surface area contributed by atoms with E-state index in [1.54, 1.807) is 35.5 Å². The minimum Gasteiger partial charge on any atom is -0.262 e. The highest BCUT2D eigenvalue weighted by atomic mass is 79.9. The Hall–Kier alpha value is -1.25. The fourth-order valence-corrected chi connectivity index (χ4v) is 3.45. The molecule has 0 bridgehead atoms. The Morgan fingerprint density at radius 3 is 2.90 bits per heavy atom. The van der Waals surface area contributed by atoms with E-state index >= 15 is 0 Å². The second-order valence-electron chi connectivity index (χ2n) is 4.34. The molecule has 3 rings (SSSR count). The Bertz CT molecular complexity index is 696. The van der Waals surface area contributed by atoms with Crippen molar-refractivity contribution in [3.8, 4) is 0 Å². The fraction of sp³-hybridized carbons (Fsp3) is 0.231. The van der Waals surface area contributed by atoms with Crippen LogP contribution in [0.1, 0.15) is 28.7 Å². The van der Waals surface area contributed by atoms with Gasteiger partial charge in [0.2, 0.25) is 5.16 Å². The topological polar surface area (TPSA) is 67.3 Å². The van der Waals surface area contributed by atoms with Gasteiger partial charge in [0, 0.05) is 23.7 Å². The van der Waals surface area contributed by atoms with Gasteiger partial charge in [-0.15, -0.1) is 16.4 Å². The molecule has 1 atom stereocenters. The number of H-pyrrole nitrogens is 1. The van der Waals surface area contributed by atoms with Crippen molar-refractivity contribution in [2.24, 2.45) is 0 Å². The van der Waals surface area contributed by atoms with Crippen LogP contribution in [0.2, 0.25) is 0 Å². The van der Waals surface area contributed by atoms with Crippen LogP contribution in [-0.4, -0.2) is 25.1 Å². The third-order valence-corrected chi connectivity index (χ3v) is 4.96. The van der Waals surface area contributed by atoms with E-state index in [0.717, 1.165) is 27.7 Å². The zero-order chi connectivity index (χ0) is 14.7. The number of nitrogens with zero attached hydrogens (tertiary/aromatic N) is 4. The molecule has 0 fully saturated rings. The molecular formula is C13H12BrN5S2. The highest BCUT2D eigenvalue weighted by Crippen LogP contribution is 2.30. The first-order valence-electron chi connectivity index (χ1n) is 6.28. The Kier molecular flexibility index (Phi) is 4.67. The lowest BCUT2D eigenvalue weighted by molar-refractivity contribution is 0.897. The number of halogens is 1. The van der Waals surface area contributed by atoms with Gasteiger partial charge in [-0.2, -0.15) is 0 Å². The molecule has 0 radical (unpaired) electrons. The van der Waals surface area contributed by atoms with E-state index in [9.17, 15) is 0 Å². The van der Waals surface area contributed by atoms with Crippen molar-refractivity contribution in [1.29, 1.82) is 0 Å². The lowest BCUT2D eigenvalue weighted by Gasteiger charge is -2.06. The van der Waals surface area contributed by atoms with E-state index in [2.05, 4.69) is 52.5 Å². The summed E-state index contributed by atoms with van der Waals surface area (Å²) in [4.78, 5) is 14.4. The number of thiophene rings is 1. The van der Waals surface area contributed by atoms with Crippen LogP contribution < -0.4 is 0 Å². The second-order valence-corrected chi connectivity index (χ2v) is 7.60. The van der Waals surface area contributed by atoms with Crippen LogP contribution in [0.5, 0.6) is 0 Å². The number of aromatic nitrogens is 5. The summed E-state index contributed by atoms with van der Waals surface area (Å²) in [6.07, 6.45) is 4.29. The van der Waals surface area contributed by atoms with Crippen LogP contribution in [0.15, 0.2) is 39.5 Å². The van der Waals surface area contributed by atoms with E-state index in [1.807, 2.05) is 13.0 Å². The number of rotatable bonds is 5. The predicted octanol–water partition coefficient (Wildman–Crippen LogP) is 3.86. The number of hydrogen-bond donors (Lipinski definition) is 1. The van der Waals surface area contributed by atoms with Crippen molar-refractivity contribution in [2.75, 3.05) is 0 Å². The van der Waals surface area contributed by atoms with Crippen molar-refractivity contribution in [3.63, 3.8) is 0 Å². The Morgan fingerprint density at radius 2 is 2.19 bits per heavy atom. The molecule has 0 unspecified atom stereocenters. The van der Waals surface area contributed by atoms with Gasteiger partial charge in [0.05, 0.1) is 9.72 Å². The zero-order valence-electron chi connectivity index (χ0n) is 11.2. The third-order valence-electron chi connectivity index (χ3n) is 2.72. The fourth-order valence-electron chi connectivity index (χ4n) is 1.73. The van der Waals surface area contributed by atoms with Crippen LogP contribution in [0.25, 0.3) is 0 Å². The highest BCUT2D eigenvalue weighted by Gasteiger charge is 2.14. The first-order chi connectivity index (χ1) is 10.2. The molecule has 8 heteroatoms. The molecule has 0 amide bonds. The van der Waals surface area contributed by atoms with Gasteiger partial charge in [-0.3, -0.25) is 5.10 Å². The standard InChI is InChI=1S/C13H12BrN5S2/c1-8(12-15-6-9(14)7-16-12)21-13-17-11(18-19-13)5-10-3-2-4-20-10/h2-4,6-8H,5H2,1H3,(H,17,18,19)/t8-/m0/s1. The third kappa shape index (κ3) is 3.90. The normalized spacial score (nSPS) is 12.5. The zero-order valence-corrected chi connectivity index (χ0v) is 14.4. The molecule has 5 nitrogen and oxygen atoms in total. The Labute approximate surface area is 138 Å². The van der Waals surface area contributed by atoms with E-state index in [4.69, 9.17) is 0 Å². The van der Waals surface area contributed by atoms with Gasteiger partial charge in [0.15, 0.2) is 0 Å². The summed E-state index contributed by atoms with van der Waals surface area (Å²) >= 11 is 6.60. The van der Waals surface area contributed by atoms with Gasteiger partial charge >= 0.3 is 0 Å². The average Bonchev–Trinajstić information content (AvgIpc) is 3.12. The van der Waals surface area contributed by atoms with E-state index in [0.29, 0.717) is 0 Å². The number of nitrogens with one attached hydrogen (secondary N) is 1. The van der Waals surface area contributed by atoms with Crippen LogP contribution in [0.3, 0.4) is 0 Å². The smallest absolute Gasteiger partial charge is 0.209 e. The lowest BCUT2D eigenvalue weighted by atomic mass is 10.3. The molecular weight excluding hydrogens is 370 g/mol. The molecule has 3 aromatic heterocycles. The van der Waals surface area contributed by atoms with Crippen LogP contribution in [0, 0.1) is 0 Å². The Balaban J connectivity index is 1.65. The van der Waals surface area contributed by atoms with Gasteiger partial charge in [0.25, 0.3) is 0 Å². The first-order valence-corrected chi connectivity index (χ1v) is 8.83. The molecule has 0 saturated heterocycles. The van der Waals surface area contributed by atoms with E-state index in [-0.39, 0.29) is 5.25 Å². The number of aromatic amines is 1. The molecule has 0 saturated carbocycles. The van der Waals surface area contributed by atoms with Crippen molar-refractivity contribution in [3.05, 3.63) is 50.9 Å². The molecule has 1 N–H and O–H groups in total. The largest absolute Gasteiger partial charge is 0.262 e. The van der Waals surface area contributed by atoms with Gasteiger partial charge in [0.1, 0.15) is 11.6 Å². The summed E-state index contributed by atoms with van der Waals surface area (Å²) in [5.41, 5.74) is 0. The van der Waals surface area contributed by atoms with Gasteiger partial charge in [-0.25, -0.2) is 15.0 Å². The number of hydrogen-bond acceptors (Lipinski definition) is 6. The summed E-state index contributed by atoms with van der Waals surface area (Å²) in [7, 11) is 0. The van der Waals surface area contributed by atoms with Crippen LogP contribution >= 0.6 is 39.0 Å². The SMILES string of the molecule is C[C@H](Sc1n[nH]c(Cc2cccs2)n1)c1ncc(Br)cn1. The summed E-state index contributed by atoms with van der Waals surface area (Å²) in [6, 6.07) is 4.14. The van der Waals surface area contributed by atoms with Crippen LogP contribution in [-0.2, 0) is 6.42 Å². The monoisotopic (exact) mass is 381 g/mol. The minimum atomic E-state index is 0.100. The summed E-state index contributed by atoms with van der Waals surface area (Å²) < 4.78 is 0.875. The van der Waals surface area contributed by atoms with Gasteiger partial charge < -0.3 is 0 Å². The quantitative estimate of drug-likeness (QED) is 0.679. The van der Waals surface area contributed by atoms with Crippen molar-refractivity contribution >= 4 is 39.0 Å². The van der Waals surface area contributed by atoms with Gasteiger partial charge in [-0.05, 0) is 34.3 Å². The lowest BCUT2D eigenvalue weighted by Crippen LogP contribution is -1.97.